The largest absolute Gasteiger partial charge is 0.449 e. The summed E-state index contributed by atoms with van der Waals surface area (Å²) in [7, 11) is 3.56. The Morgan fingerprint density at radius 1 is 1.14 bits per heavy atom. The second kappa shape index (κ2) is 10.2. The summed E-state index contributed by atoms with van der Waals surface area (Å²) in [5.41, 5.74) is 2.56. The van der Waals surface area contributed by atoms with E-state index in [4.69, 9.17) is 13.9 Å². The highest BCUT2D eigenvalue weighted by molar-refractivity contribution is 6.17. The zero-order chi connectivity index (χ0) is 26.1. The summed E-state index contributed by atoms with van der Waals surface area (Å²) in [5, 5.41) is 8.97. The van der Waals surface area contributed by atoms with Gasteiger partial charge in [0.2, 0.25) is 5.78 Å². The lowest BCUT2D eigenvalue weighted by molar-refractivity contribution is 0.00468. The molecule has 0 spiro atoms. The molecule has 4 aromatic rings. The van der Waals surface area contributed by atoms with Gasteiger partial charge in [-0.3, -0.25) is 24.0 Å². The van der Waals surface area contributed by atoms with E-state index < -0.39 is 6.09 Å². The summed E-state index contributed by atoms with van der Waals surface area (Å²) in [6.45, 7) is 4.51. The van der Waals surface area contributed by atoms with Gasteiger partial charge in [-0.1, -0.05) is 6.92 Å². The van der Waals surface area contributed by atoms with Gasteiger partial charge in [0.05, 0.1) is 42.6 Å². The van der Waals surface area contributed by atoms with E-state index in [0.29, 0.717) is 47.4 Å². The molecular weight excluding hydrogens is 476 g/mol. The number of anilines is 1. The Morgan fingerprint density at radius 3 is 2.59 bits per heavy atom. The second-order valence-electron chi connectivity index (χ2n) is 9.13. The molecule has 1 amide bonds. The highest BCUT2D eigenvalue weighted by Gasteiger charge is 2.37. The van der Waals surface area contributed by atoms with Crippen LogP contribution in [-0.4, -0.2) is 61.8 Å². The van der Waals surface area contributed by atoms with E-state index in [1.807, 2.05) is 19.3 Å². The summed E-state index contributed by atoms with van der Waals surface area (Å²) < 4.78 is 20.7. The predicted octanol–water partition coefficient (Wildman–Crippen LogP) is 4.11. The summed E-state index contributed by atoms with van der Waals surface area (Å²) in [5.74, 6) is -0.337. The van der Waals surface area contributed by atoms with Crippen molar-refractivity contribution < 1.29 is 23.5 Å². The highest BCUT2D eigenvalue weighted by atomic mass is 16.6. The first-order chi connectivity index (χ1) is 17.9. The minimum Gasteiger partial charge on any atom is -0.449 e. The summed E-state index contributed by atoms with van der Waals surface area (Å²) in [4.78, 5) is 33.3. The van der Waals surface area contributed by atoms with E-state index in [-0.39, 0.29) is 30.3 Å². The number of aromatic nitrogens is 5. The monoisotopic (exact) mass is 506 g/mol. The first-order valence-electron chi connectivity index (χ1n) is 12.4. The predicted molar refractivity (Wildman–Crippen MR) is 135 cm³/mol. The SMILES string of the molecule is CCOC(=O)N(c1c(C(=O)c2cnn(C)c2)oc2cnc(-c3cnn(C)c3)cc12)C1CCO[C@@H](CC)C1. The van der Waals surface area contributed by atoms with Crippen LogP contribution in [0.3, 0.4) is 0 Å². The minimum atomic E-state index is -0.535. The Kier molecular flexibility index (Phi) is 6.79. The van der Waals surface area contributed by atoms with E-state index >= 15 is 0 Å². The molecular formula is C26H30N6O5. The molecule has 0 saturated carbocycles. The second-order valence-corrected chi connectivity index (χ2v) is 9.13. The van der Waals surface area contributed by atoms with Crippen molar-refractivity contribution in [1.82, 2.24) is 24.5 Å². The Morgan fingerprint density at radius 2 is 1.92 bits per heavy atom. The van der Waals surface area contributed by atoms with Crippen LogP contribution >= 0.6 is 0 Å². The van der Waals surface area contributed by atoms with Crippen molar-refractivity contribution in [3.8, 4) is 11.3 Å². The number of amides is 1. The van der Waals surface area contributed by atoms with E-state index in [9.17, 15) is 9.59 Å². The number of fused-ring (bicyclic) bond motifs is 1. The number of ketones is 1. The Hall–Kier alpha value is -3.99. The zero-order valence-corrected chi connectivity index (χ0v) is 21.4. The lowest BCUT2D eigenvalue weighted by Crippen LogP contribution is -2.46. The van der Waals surface area contributed by atoms with Gasteiger partial charge in [-0.15, -0.1) is 0 Å². The van der Waals surface area contributed by atoms with Gasteiger partial charge in [-0.25, -0.2) is 4.79 Å². The molecule has 4 aromatic heterocycles. The molecule has 0 bridgehead atoms. The number of ether oxygens (including phenoxy) is 2. The maximum absolute atomic E-state index is 13.7. The topological polar surface area (TPSA) is 118 Å². The molecule has 0 aromatic carbocycles. The van der Waals surface area contributed by atoms with Crippen LogP contribution in [0.4, 0.5) is 10.5 Å². The molecule has 0 radical (unpaired) electrons. The number of hydrogen-bond acceptors (Lipinski definition) is 8. The summed E-state index contributed by atoms with van der Waals surface area (Å²) >= 11 is 0. The molecule has 0 aliphatic carbocycles. The number of carbonyl (C=O) groups is 2. The van der Waals surface area contributed by atoms with Crippen molar-refractivity contribution >= 4 is 28.5 Å². The van der Waals surface area contributed by atoms with Gasteiger partial charge in [0.15, 0.2) is 11.3 Å². The molecule has 1 aliphatic rings. The number of carbonyl (C=O) groups excluding carboxylic acids is 2. The molecule has 37 heavy (non-hydrogen) atoms. The van der Waals surface area contributed by atoms with Gasteiger partial charge in [0.1, 0.15) is 5.69 Å². The fourth-order valence-corrected chi connectivity index (χ4v) is 4.76. The van der Waals surface area contributed by atoms with Crippen molar-refractivity contribution in [2.24, 2.45) is 14.1 Å². The molecule has 1 fully saturated rings. The van der Waals surface area contributed by atoms with Crippen LogP contribution < -0.4 is 4.90 Å². The van der Waals surface area contributed by atoms with Crippen LogP contribution in [0.25, 0.3) is 22.2 Å². The molecule has 1 saturated heterocycles. The number of nitrogens with zero attached hydrogens (tertiary/aromatic N) is 6. The molecule has 5 rings (SSSR count). The van der Waals surface area contributed by atoms with Crippen molar-refractivity contribution in [3.63, 3.8) is 0 Å². The number of pyridine rings is 1. The van der Waals surface area contributed by atoms with Gasteiger partial charge in [-0.2, -0.15) is 10.2 Å². The molecule has 0 N–H and O–H groups in total. The Labute approximate surface area is 214 Å². The first-order valence-corrected chi connectivity index (χ1v) is 12.4. The van der Waals surface area contributed by atoms with Crippen molar-refractivity contribution in [2.75, 3.05) is 18.1 Å². The number of rotatable bonds is 7. The van der Waals surface area contributed by atoms with Gasteiger partial charge < -0.3 is 13.9 Å². The van der Waals surface area contributed by atoms with Crippen LogP contribution in [0.1, 0.15) is 49.2 Å². The van der Waals surface area contributed by atoms with Crippen LogP contribution in [0.2, 0.25) is 0 Å². The summed E-state index contributed by atoms with van der Waals surface area (Å²) in [6, 6.07) is 1.59. The quantitative estimate of drug-likeness (QED) is 0.344. The fraction of sp³-hybridized carbons (Fsp3) is 0.423. The highest BCUT2D eigenvalue weighted by Crippen LogP contribution is 2.40. The molecule has 11 nitrogen and oxygen atoms in total. The van der Waals surface area contributed by atoms with Crippen LogP contribution in [-0.2, 0) is 23.6 Å². The van der Waals surface area contributed by atoms with E-state index in [2.05, 4.69) is 22.1 Å². The maximum Gasteiger partial charge on any atom is 0.414 e. The molecule has 5 heterocycles. The third kappa shape index (κ3) is 4.74. The maximum atomic E-state index is 13.7. The smallest absolute Gasteiger partial charge is 0.414 e. The van der Waals surface area contributed by atoms with E-state index in [1.165, 1.54) is 6.20 Å². The summed E-state index contributed by atoms with van der Waals surface area (Å²) in [6.07, 6.45) is 9.73. The van der Waals surface area contributed by atoms with Crippen molar-refractivity contribution in [3.05, 3.63) is 48.4 Å². The lowest BCUT2D eigenvalue weighted by Gasteiger charge is -2.36. The normalized spacial score (nSPS) is 17.7. The fourth-order valence-electron chi connectivity index (χ4n) is 4.76. The van der Waals surface area contributed by atoms with E-state index in [1.54, 1.807) is 46.8 Å². The van der Waals surface area contributed by atoms with Gasteiger partial charge in [0.25, 0.3) is 0 Å². The third-order valence-corrected chi connectivity index (χ3v) is 6.59. The third-order valence-electron chi connectivity index (χ3n) is 6.59. The molecule has 2 atom stereocenters. The zero-order valence-electron chi connectivity index (χ0n) is 21.4. The van der Waals surface area contributed by atoms with E-state index in [0.717, 1.165) is 12.0 Å². The van der Waals surface area contributed by atoms with Crippen LogP contribution in [0.15, 0.2) is 41.5 Å². The number of aryl methyl sites for hydroxylation is 2. The average Bonchev–Trinajstić information content (AvgIpc) is 3.62. The van der Waals surface area contributed by atoms with Crippen LogP contribution in [0.5, 0.6) is 0 Å². The molecule has 1 unspecified atom stereocenters. The number of hydrogen-bond donors (Lipinski definition) is 0. The van der Waals surface area contributed by atoms with Gasteiger partial charge >= 0.3 is 6.09 Å². The van der Waals surface area contributed by atoms with Crippen LogP contribution in [0, 0.1) is 0 Å². The van der Waals surface area contributed by atoms with Gasteiger partial charge in [-0.05, 0) is 32.3 Å². The van der Waals surface area contributed by atoms with Crippen molar-refractivity contribution in [2.45, 2.75) is 45.3 Å². The minimum absolute atomic E-state index is 0.000984. The standard InChI is InChI=1S/C26H30N6O5/c1-5-19-9-18(7-8-36-19)32(26(34)35-6-2)23-20-10-21(16-11-28-30(3)14-16)27-13-22(20)37-25(23)24(33)17-12-29-31(4)15-17/h10-15,18-19H,5-9H2,1-4H3/t18?,19-/m0/s1. The Balaban J connectivity index is 1.72. The Bertz CT molecular complexity index is 1440. The lowest BCUT2D eigenvalue weighted by atomic mass is 9.98. The molecule has 1 aliphatic heterocycles. The first kappa shape index (κ1) is 24.7. The average molecular weight is 507 g/mol. The molecule has 11 heteroatoms. The van der Waals surface area contributed by atoms with Crippen molar-refractivity contribution in [1.29, 1.82) is 0 Å². The molecule has 194 valence electrons. The number of furan rings is 1. The van der Waals surface area contributed by atoms with Gasteiger partial charge in [0, 0.05) is 50.1 Å².